The molecule has 0 aliphatic heterocycles. The van der Waals surface area contributed by atoms with Crippen LogP contribution < -0.4 is 10.1 Å². The van der Waals surface area contributed by atoms with Crippen molar-refractivity contribution in [3.05, 3.63) is 51.4 Å². The van der Waals surface area contributed by atoms with Gasteiger partial charge in [-0.25, -0.2) is 0 Å². The zero-order valence-corrected chi connectivity index (χ0v) is 14.6. The third-order valence-corrected chi connectivity index (χ3v) is 4.32. The lowest BCUT2D eigenvalue weighted by Crippen LogP contribution is -2.23. The number of hydrogen-bond acceptors (Lipinski definition) is 3. The molecule has 114 valence electrons. The lowest BCUT2D eigenvalue weighted by Gasteiger charge is -2.20. The fraction of sp³-hybridized carbons (Fsp3) is 0.412. The van der Waals surface area contributed by atoms with Crippen LogP contribution in [0.5, 0.6) is 5.75 Å². The fourth-order valence-corrected chi connectivity index (χ4v) is 2.69. The minimum absolute atomic E-state index is 0.00880. The van der Waals surface area contributed by atoms with Gasteiger partial charge in [0.2, 0.25) is 0 Å². The van der Waals surface area contributed by atoms with Gasteiger partial charge >= 0.3 is 0 Å². The van der Waals surface area contributed by atoms with Crippen LogP contribution in [0.4, 0.5) is 0 Å². The molecule has 0 bridgehead atoms. The van der Waals surface area contributed by atoms with Gasteiger partial charge in [-0.05, 0) is 56.6 Å². The number of halogens is 1. The summed E-state index contributed by atoms with van der Waals surface area (Å²) in [5, 5.41) is 3.54. The SMILES string of the molecule is CCCNC(c1ccc(C)o1)c1cc(Br)c(C)cc1OC. The van der Waals surface area contributed by atoms with Gasteiger partial charge in [0.05, 0.1) is 13.2 Å². The normalized spacial score (nSPS) is 12.4. The van der Waals surface area contributed by atoms with Gasteiger partial charge < -0.3 is 14.5 Å². The molecule has 1 atom stereocenters. The predicted molar refractivity (Wildman–Crippen MR) is 89.0 cm³/mol. The summed E-state index contributed by atoms with van der Waals surface area (Å²) in [7, 11) is 1.70. The molecular weight excluding hydrogens is 330 g/mol. The summed E-state index contributed by atoms with van der Waals surface area (Å²) in [5.41, 5.74) is 2.23. The van der Waals surface area contributed by atoms with E-state index in [1.807, 2.05) is 19.1 Å². The van der Waals surface area contributed by atoms with Gasteiger partial charge in [-0.15, -0.1) is 0 Å². The smallest absolute Gasteiger partial charge is 0.125 e. The second-order valence-electron chi connectivity index (χ2n) is 5.18. The van der Waals surface area contributed by atoms with Crippen molar-refractivity contribution < 1.29 is 9.15 Å². The van der Waals surface area contributed by atoms with Crippen molar-refractivity contribution >= 4 is 15.9 Å². The van der Waals surface area contributed by atoms with E-state index in [9.17, 15) is 0 Å². The molecule has 1 unspecified atom stereocenters. The summed E-state index contributed by atoms with van der Waals surface area (Å²) in [6.45, 7) is 7.09. The summed E-state index contributed by atoms with van der Waals surface area (Å²) < 4.78 is 12.5. The number of aryl methyl sites for hydroxylation is 2. The van der Waals surface area contributed by atoms with E-state index in [-0.39, 0.29) is 6.04 Å². The highest BCUT2D eigenvalue weighted by molar-refractivity contribution is 9.10. The van der Waals surface area contributed by atoms with Crippen LogP contribution in [0.15, 0.2) is 33.2 Å². The Balaban J connectivity index is 2.47. The number of nitrogens with one attached hydrogen (secondary N) is 1. The fourth-order valence-electron chi connectivity index (χ4n) is 2.33. The highest BCUT2D eigenvalue weighted by Gasteiger charge is 2.21. The molecule has 0 amide bonds. The maximum Gasteiger partial charge on any atom is 0.125 e. The molecule has 1 N–H and O–H groups in total. The minimum Gasteiger partial charge on any atom is -0.496 e. The van der Waals surface area contributed by atoms with E-state index in [1.54, 1.807) is 7.11 Å². The summed E-state index contributed by atoms with van der Waals surface area (Å²) >= 11 is 3.61. The number of furan rings is 1. The molecule has 0 fully saturated rings. The molecule has 0 spiro atoms. The van der Waals surface area contributed by atoms with Crippen LogP contribution in [0, 0.1) is 13.8 Å². The number of methoxy groups -OCH3 is 1. The summed E-state index contributed by atoms with van der Waals surface area (Å²) in [6.07, 6.45) is 1.06. The third kappa shape index (κ3) is 3.69. The minimum atomic E-state index is -0.00880. The predicted octanol–water partition coefficient (Wildman–Crippen LogP) is 4.76. The molecule has 0 saturated carbocycles. The Morgan fingerprint density at radius 2 is 2.05 bits per heavy atom. The van der Waals surface area contributed by atoms with Crippen molar-refractivity contribution in [3.8, 4) is 5.75 Å². The first-order chi connectivity index (χ1) is 10.1. The van der Waals surface area contributed by atoms with Crippen LogP contribution in [-0.4, -0.2) is 13.7 Å². The number of ether oxygens (including phenoxy) is 1. The molecule has 4 heteroatoms. The van der Waals surface area contributed by atoms with Crippen molar-refractivity contribution in [2.24, 2.45) is 0 Å². The highest BCUT2D eigenvalue weighted by atomic mass is 79.9. The van der Waals surface area contributed by atoms with E-state index in [2.05, 4.69) is 47.2 Å². The van der Waals surface area contributed by atoms with Crippen LogP contribution in [0.1, 0.15) is 42.0 Å². The van der Waals surface area contributed by atoms with Gasteiger partial charge in [0.15, 0.2) is 0 Å². The summed E-state index contributed by atoms with van der Waals surface area (Å²) in [5.74, 6) is 2.70. The largest absolute Gasteiger partial charge is 0.496 e. The number of benzene rings is 1. The van der Waals surface area contributed by atoms with Gasteiger partial charge in [-0.1, -0.05) is 22.9 Å². The molecule has 0 aliphatic carbocycles. The first-order valence-corrected chi connectivity index (χ1v) is 7.99. The molecule has 1 aromatic carbocycles. The van der Waals surface area contributed by atoms with Gasteiger partial charge in [-0.3, -0.25) is 0 Å². The van der Waals surface area contributed by atoms with Gasteiger partial charge in [-0.2, -0.15) is 0 Å². The molecular formula is C17H22BrNO2. The van der Waals surface area contributed by atoms with Crippen molar-refractivity contribution in [1.82, 2.24) is 5.32 Å². The molecule has 2 aromatic rings. The number of rotatable bonds is 6. The van der Waals surface area contributed by atoms with Gasteiger partial charge in [0, 0.05) is 10.0 Å². The van der Waals surface area contributed by atoms with Crippen molar-refractivity contribution in [2.75, 3.05) is 13.7 Å². The second kappa shape index (κ2) is 7.14. The van der Waals surface area contributed by atoms with E-state index >= 15 is 0 Å². The molecule has 3 nitrogen and oxygen atoms in total. The molecule has 1 heterocycles. The molecule has 2 rings (SSSR count). The van der Waals surface area contributed by atoms with E-state index < -0.39 is 0 Å². The summed E-state index contributed by atoms with van der Waals surface area (Å²) in [4.78, 5) is 0. The van der Waals surface area contributed by atoms with Crippen LogP contribution in [0.25, 0.3) is 0 Å². The van der Waals surface area contributed by atoms with E-state index in [4.69, 9.17) is 9.15 Å². The van der Waals surface area contributed by atoms with Crippen LogP contribution in [0.2, 0.25) is 0 Å². The lowest BCUT2D eigenvalue weighted by atomic mass is 10.0. The zero-order chi connectivity index (χ0) is 15.4. The van der Waals surface area contributed by atoms with Crippen molar-refractivity contribution in [1.29, 1.82) is 0 Å². The maximum absolute atomic E-state index is 5.83. The van der Waals surface area contributed by atoms with Crippen LogP contribution >= 0.6 is 15.9 Å². The quantitative estimate of drug-likeness (QED) is 0.814. The van der Waals surface area contributed by atoms with E-state index in [1.165, 1.54) is 0 Å². The lowest BCUT2D eigenvalue weighted by molar-refractivity contribution is 0.388. The summed E-state index contributed by atoms with van der Waals surface area (Å²) in [6, 6.07) is 8.17. The van der Waals surface area contributed by atoms with Gasteiger partial charge in [0.1, 0.15) is 17.3 Å². The molecule has 0 aliphatic rings. The first kappa shape index (κ1) is 16.1. The molecule has 0 radical (unpaired) electrons. The Morgan fingerprint density at radius 1 is 1.29 bits per heavy atom. The Kier molecular flexibility index (Phi) is 5.48. The maximum atomic E-state index is 5.83. The number of hydrogen-bond donors (Lipinski definition) is 1. The first-order valence-electron chi connectivity index (χ1n) is 7.20. The Morgan fingerprint density at radius 3 is 2.62 bits per heavy atom. The van der Waals surface area contributed by atoms with Gasteiger partial charge in [0.25, 0.3) is 0 Å². The Labute approximate surface area is 134 Å². The van der Waals surface area contributed by atoms with Crippen LogP contribution in [0.3, 0.4) is 0 Å². The second-order valence-corrected chi connectivity index (χ2v) is 6.03. The highest BCUT2D eigenvalue weighted by Crippen LogP contribution is 2.35. The monoisotopic (exact) mass is 351 g/mol. The average Bonchev–Trinajstić information content (AvgIpc) is 2.89. The van der Waals surface area contributed by atoms with E-state index in [0.29, 0.717) is 0 Å². The van der Waals surface area contributed by atoms with Crippen molar-refractivity contribution in [3.63, 3.8) is 0 Å². The standard InChI is InChI=1S/C17H22BrNO2/c1-5-8-19-17(15-7-6-12(3)21-15)13-10-14(18)11(2)9-16(13)20-4/h6-7,9-10,17,19H,5,8H2,1-4H3. The molecule has 1 aromatic heterocycles. The average molecular weight is 352 g/mol. The van der Waals surface area contributed by atoms with Crippen molar-refractivity contribution in [2.45, 2.75) is 33.2 Å². The topological polar surface area (TPSA) is 34.4 Å². The molecule has 0 saturated heterocycles. The molecule has 21 heavy (non-hydrogen) atoms. The Bertz CT molecular complexity index is 607. The van der Waals surface area contributed by atoms with Crippen LogP contribution in [-0.2, 0) is 0 Å². The van der Waals surface area contributed by atoms with E-state index in [0.717, 1.165) is 45.8 Å². The zero-order valence-electron chi connectivity index (χ0n) is 13.0. The third-order valence-electron chi connectivity index (χ3n) is 3.47. The Hall–Kier alpha value is -1.26.